The van der Waals surface area contributed by atoms with Gasteiger partial charge in [0.2, 0.25) is 0 Å². The second-order valence-electron chi connectivity index (χ2n) is 5.52. The Labute approximate surface area is 114 Å². The summed E-state index contributed by atoms with van der Waals surface area (Å²) in [5.41, 5.74) is 9.45. The number of nitrogens with two attached hydrogens (primary N) is 1. The molecule has 3 rings (SSSR count). The summed E-state index contributed by atoms with van der Waals surface area (Å²) in [4.78, 5) is 4.12. The second-order valence-corrected chi connectivity index (χ2v) is 5.52. The first-order chi connectivity index (χ1) is 9.33. The average Bonchev–Trinajstić information content (AvgIpc) is 3.25. The van der Waals surface area contributed by atoms with Crippen LogP contribution in [0, 0.1) is 5.92 Å². The van der Waals surface area contributed by atoms with Crippen molar-refractivity contribution < 1.29 is 0 Å². The second kappa shape index (κ2) is 5.43. The van der Waals surface area contributed by atoms with E-state index < -0.39 is 0 Å². The van der Waals surface area contributed by atoms with Crippen molar-refractivity contribution in [2.75, 3.05) is 5.73 Å². The molecule has 0 amide bonds. The molecule has 0 bridgehead atoms. The summed E-state index contributed by atoms with van der Waals surface area (Å²) in [5.74, 6) is 1.41. The van der Waals surface area contributed by atoms with E-state index in [-0.39, 0.29) is 0 Å². The quantitative estimate of drug-likeness (QED) is 0.817. The first-order valence-electron chi connectivity index (χ1n) is 7.08. The highest BCUT2D eigenvalue weighted by Gasteiger charge is 2.23. The minimum atomic E-state index is 0.451. The van der Waals surface area contributed by atoms with Gasteiger partial charge in [-0.25, -0.2) is 0 Å². The molecule has 19 heavy (non-hydrogen) atoms. The molecule has 1 fully saturated rings. The Bertz CT molecular complexity index is 532. The van der Waals surface area contributed by atoms with E-state index in [0.717, 1.165) is 11.6 Å². The van der Waals surface area contributed by atoms with E-state index in [2.05, 4.69) is 35.3 Å². The number of anilines is 1. The van der Waals surface area contributed by atoms with E-state index in [1.165, 1.54) is 36.8 Å². The third-order valence-electron chi connectivity index (χ3n) is 3.98. The minimum Gasteiger partial charge on any atom is -0.399 e. The third kappa shape index (κ3) is 3.14. The van der Waals surface area contributed by atoms with Crippen LogP contribution in [0.4, 0.5) is 5.69 Å². The minimum absolute atomic E-state index is 0.451. The van der Waals surface area contributed by atoms with Crippen molar-refractivity contribution in [2.24, 2.45) is 5.92 Å². The van der Waals surface area contributed by atoms with Crippen molar-refractivity contribution in [1.29, 1.82) is 0 Å². The maximum atomic E-state index is 5.93. The monoisotopic (exact) mass is 252 g/mol. The van der Waals surface area contributed by atoms with E-state index in [0.29, 0.717) is 5.92 Å². The lowest BCUT2D eigenvalue weighted by molar-refractivity contribution is 0.613. The van der Waals surface area contributed by atoms with Crippen LogP contribution in [0.25, 0.3) is 0 Å². The number of aromatic nitrogens is 1. The van der Waals surface area contributed by atoms with Gasteiger partial charge in [-0.1, -0.05) is 25.0 Å². The summed E-state index contributed by atoms with van der Waals surface area (Å²) in [5, 5.41) is 0. The average molecular weight is 252 g/mol. The Balaban J connectivity index is 1.86. The molecule has 2 N–H and O–H groups in total. The van der Waals surface area contributed by atoms with Gasteiger partial charge in [0.25, 0.3) is 0 Å². The largest absolute Gasteiger partial charge is 0.399 e. The highest BCUT2D eigenvalue weighted by atomic mass is 14.6. The Hall–Kier alpha value is -1.83. The zero-order valence-electron chi connectivity index (χ0n) is 11.1. The Morgan fingerprint density at radius 2 is 1.89 bits per heavy atom. The predicted molar refractivity (Wildman–Crippen MR) is 78.9 cm³/mol. The normalized spacial score (nSPS) is 16.2. The molecule has 2 heteroatoms. The molecule has 2 nitrogen and oxygen atoms in total. The van der Waals surface area contributed by atoms with Crippen molar-refractivity contribution in [3.8, 4) is 0 Å². The summed E-state index contributed by atoms with van der Waals surface area (Å²) in [6.45, 7) is 0. The molecule has 2 aromatic rings. The predicted octanol–water partition coefficient (Wildman–Crippen LogP) is 3.99. The Morgan fingerprint density at radius 1 is 1.11 bits per heavy atom. The molecular weight excluding hydrogens is 232 g/mol. The van der Waals surface area contributed by atoms with Gasteiger partial charge in [0.05, 0.1) is 0 Å². The zero-order chi connectivity index (χ0) is 13.1. The van der Waals surface area contributed by atoms with Crippen LogP contribution in [0.2, 0.25) is 0 Å². The molecule has 1 heterocycles. The Morgan fingerprint density at radius 3 is 2.58 bits per heavy atom. The molecule has 0 saturated heterocycles. The lowest BCUT2D eigenvalue weighted by Gasteiger charge is -2.18. The van der Waals surface area contributed by atoms with Gasteiger partial charge in [0, 0.05) is 24.0 Å². The lowest BCUT2D eigenvalue weighted by Crippen LogP contribution is -2.03. The first kappa shape index (κ1) is 12.2. The summed E-state index contributed by atoms with van der Waals surface area (Å²) >= 11 is 0. The fourth-order valence-electron chi connectivity index (χ4n) is 2.71. The SMILES string of the molecule is Nc1cccc(C(CCC2CC2)c2ccncc2)c1. The number of hydrogen-bond acceptors (Lipinski definition) is 2. The summed E-state index contributed by atoms with van der Waals surface area (Å²) < 4.78 is 0. The summed E-state index contributed by atoms with van der Waals surface area (Å²) in [7, 11) is 0. The summed E-state index contributed by atoms with van der Waals surface area (Å²) in [6.07, 6.45) is 9.12. The van der Waals surface area contributed by atoms with Gasteiger partial charge in [0.15, 0.2) is 0 Å². The van der Waals surface area contributed by atoms with Crippen LogP contribution in [0.15, 0.2) is 48.8 Å². The number of rotatable bonds is 5. The van der Waals surface area contributed by atoms with Gasteiger partial charge in [-0.05, 0) is 54.2 Å². The van der Waals surface area contributed by atoms with Gasteiger partial charge in [-0.2, -0.15) is 0 Å². The number of nitrogens with zero attached hydrogens (tertiary/aromatic N) is 1. The molecule has 1 aliphatic rings. The maximum Gasteiger partial charge on any atom is 0.0316 e. The van der Waals surface area contributed by atoms with Crippen molar-refractivity contribution >= 4 is 5.69 Å². The molecule has 0 spiro atoms. The van der Waals surface area contributed by atoms with Crippen LogP contribution in [-0.4, -0.2) is 4.98 Å². The molecule has 98 valence electrons. The van der Waals surface area contributed by atoms with E-state index in [9.17, 15) is 0 Å². The molecule has 0 aliphatic heterocycles. The summed E-state index contributed by atoms with van der Waals surface area (Å²) in [6, 6.07) is 12.6. The van der Waals surface area contributed by atoms with Crippen molar-refractivity contribution in [3.63, 3.8) is 0 Å². The van der Waals surface area contributed by atoms with Crippen LogP contribution >= 0.6 is 0 Å². The third-order valence-corrected chi connectivity index (χ3v) is 3.98. The van der Waals surface area contributed by atoms with E-state index in [4.69, 9.17) is 5.73 Å². The Kier molecular flexibility index (Phi) is 3.49. The topological polar surface area (TPSA) is 38.9 Å². The smallest absolute Gasteiger partial charge is 0.0316 e. The first-order valence-corrected chi connectivity index (χ1v) is 7.08. The molecule has 1 aliphatic carbocycles. The highest BCUT2D eigenvalue weighted by Crippen LogP contribution is 2.38. The van der Waals surface area contributed by atoms with E-state index >= 15 is 0 Å². The van der Waals surface area contributed by atoms with Crippen molar-refractivity contribution in [2.45, 2.75) is 31.6 Å². The standard InChI is InChI=1S/C17H20N2/c18-16-3-1-2-15(12-16)17(7-6-13-4-5-13)14-8-10-19-11-9-14/h1-3,8-13,17H,4-7,18H2. The highest BCUT2D eigenvalue weighted by molar-refractivity contribution is 5.44. The van der Waals surface area contributed by atoms with Gasteiger partial charge in [-0.3, -0.25) is 4.98 Å². The fourth-order valence-corrected chi connectivity index (χ4v) is 2.71. The van der Waals surface area contributed by atoms with Crippen LogP contribution < -0.4 is 5.73 Å². The molecule has 1 saturated carbocycles. The molecule has 1 atom stereocenters. The van der Waals surface area contributed by atoms with Gasteiger partial charge < -0.3 is 5.73 Å². The lowest BCUT2D eigenvalue weighted by atomic mass is 9.87. The van der Waals surface area contributed by atoms with Crippen molar-refractivity contribution in [3.05, 3.63) is 59.9 Å². The van der Waals surface area contributed by atoms with E-state index in [1.807, 2.05) is 18.5 Å². The van der Waals surface area contributed by atoms with Crippen LogP contribution in [-0.2, 0) is 0 Å². The van der Waals surface area contributed by atoms with Crippen LogP contribution in [0.5, 0.6) is 0 Å². The zero-order valence-corrected chi connectivity index (χ0v) is 11.1. The number of hydrogen-bond donors (Lipinski definition) is 1. The number of pyridine rings is 1. The number of benzene rings is 1. The van der Waals surface area contributed by atoms with Crippen LogP contribution in [0.3, 0.4) is 0 Å². The maximum absolute atomic E-state index is 5.93. The molecule has 1 aromatic heterocycles. The molecule has 0 radical (unpaired) electrons. The molecule has 1 aromatic carbocycles. The fraction of sp³-hybridized carbons (Fsp3) is 0.353. The van der Waals surface area contributed by atoms with Gasteiger partial charge in [-0.15, -0.1) is 0 Å². The number of nitrogen functional groups attached to an aromatic ring is 1. The van der Waals surface area contributed by atoms with Crippen molar-refractivity contribution in [1.82, 2.24) is 4.98 Å². The van der Waals surface area contributed by atoms with Gasteiger partial charge in [0.1, 0.15) is 0 Å². The van der Waals surface area contributed by atoms with E-state index in [1.54, 1.807) is 0 Å². The van der Waals surface area contributed by atoms with Crippen LogP contribution in [0.1, 0.15) is 42.7 Å². The molecular formula is C17H20N2. The molecule has 1 unspecified atom stereocenters. The van der Waals surface area contributed by atoms with Gasteiger partial charge >= 0.3 is 0 Å².